The lowest BCUT2D eigenvalue weighted by Crippen LogP contribution is -2.04. The van der Waals surface area contributed by atoms with E-state index in [1.54, 1.807) is 24.3 Å². The molecule has 0 aliphatic rings. The van der Waals surface area contributed by atoms with Gasteiger partial charge in [0.15, 0.2) is 17.5 Å². The van der Waals surface area contributed by atoms with Gasteiger partial charge in [-0.2, -0.15) is 0 Å². The van der Waals surface area contributed by atoms with Crippen molar-refractivity contribution in [3.63, 3.8) is 0 Å². The average Bonchev–Trinajstić information content (AvgIpc) is 2.51. The molecule has 1 heterocycles. The highest BCUT2D eigenvalue weighted by atomic mass is 19.2. The number of carbonyl (C=O) groups is 1. The lowest BCUT2D eigenvalue weighted by atomic mass is 10.0. The lowest BCUT2D eigenvalue weighted by molar-refractivity contribution is 0.0697. The molecule has 0 amide bonds. The largest absolute Gasteiger partial charge is 0.478 e. The predicted octanol–water partition coefficient (Wildman–Crippen LogP) is 4.02. The number of halogens is 3. The minimum Gasteiger partial charge on any atom is -0.478 e. The molecule has 0 unspecified atom stereocenters. The third-order valence-corrected chi connectivity index (χ3v) is 3.24. The minimum absolute atomic E-state index is 0.248. The Morgan fingerprint density at radius 1 is 1.00 bits per heavy atom. The van der Waals surface area contributed by atoms with Crippen LogP contribution in [0.2, 0.25) is 0 Å². The number of rotatable bonds is 2. The highest BCUT2D eigenvalue weighted by Crippen LogP contribution is 2.29. The first kappa shape index (κ1) is 14.1. The molecule has 6 heteroatoms. The van der Waals surface area contributed by atoms with E-state index in [0.29, 0.717) is 10.9 Å². The molecule has 2 aromatic carbocycles. The number of carboxylic acid groups (broad SMARTS) is 1. The van der Waals surface area contributed by atoms with Crippen molar-refractivity contribution in [3.05, 3.63) is 65.5 Å². The summed E-state index contributed by atoms with van der Waals surface area (Å²) in [5.41, 5.74) is -0.514. The second-order valence-corrected chi connectivity index (χ2v) is 4.61. The van der Waals surface area contributed by atoms with Crippen LogP contribution in [0, 0.1) is 17.5 Å². The summed E-state index contributed by atoms with van der Waals surface area (Å²) in [6.07, 6.45) is 0. The van der Waals surface area contributed by atoms with Gasteiger partial charge in [-0.1, -0.05) is 18.2 Å². The van der Waals surface area contributed by atoms with E-state index >= 15 is 0 Å². The van der Waals surface area contributed by atoms with Crippen LogP contribution in [-0.4, -0.2) is 16.1 Å². The van der Waals surface area contributed by atoms with E-state index in [0.717, 1.165) is 12.1 Å². The molecule has 0 spiro atoms. The maximum absolute atomic E-state index is 13.9. The maximum Gasteiger partial charge on any atom is 0.337 e. The molecule has 0 aliphatic carbocycles. The molecular formula is C16H8F3NO2. The summed E-state index contributed by atoms with van der Waals surface area (Å²) in [6, 6.07) is 9.67. The Morgan fingerprint density at radius 2 is 1.73 bits per heavy atom. The molecule has 3 aromatic rings. The van der Waals surface area contributed by atoms with Gasteiger partial charge in [-0.25, -0.2) is 22.9 Å². The molecule has 110 valence electrons. The Labute approximate surface area is 122 Å². The van der Waals surface area contributed by atoms with Gasteiger partial charge in [-0.05, 0) is 24.3 Å². The van der Waals surface area contributed by atoms with Crippen molar-refractivity contribution in [2.75, 3.05) is 0 Å². The summed E-state index contributed by atoms with van der Waals surface area (Å²) in [5, 5.41) is 9.82. The average molecular weight is 303 g/mol. The van der Waals surface area contributed by atoms with Crippen LogP contribution < -0.4 is 0 Å². The van der Waals surface area contributed by atoms with Crippen LogP contribution >= 0.6 is 0 Å². The highest BCUT2D eigenvalue weighted by molar-refractivity contribution is 5.99. The van der Waals surface area contributed by atoms with Crippen molar-refractivity contribution in [2.45, 2.75) is 0 Å². The van der Waals surface area contributed by atoms with Gasteiger partial charge in [0.2, 0.25) is 0 Å². The number of pyridine rings is 1. The number of fused-ring (bicyclic) bond motifs is 1. The summed E-state index contributed by atoms with van der Waals surface area (Å²) in [4.78, 5) is 15.5. The van der Waals surface area contributed by atoms with Gasteiger partial charge in [0, 0.05) is 10.9 Å². The SMILES string of the molecule is O=C(O)c1cc2ccccc2nc1-c1ccc(F)c(F)c1F. The fourth-order valence-electron chi connectivity index (χ4n) is 2.19. The van der Waals surface area contributed by atoms with Crippen LogP contribution in [0.25, 0.3) is 22.2 Å². The number of aromatic carboxylic acids is 1. The quantitative estimate of drug-likeness (QED) is 0.727. The second kappa shape index (κ2) is 5.14. The Balaban J connectivity index is 2.36. The third kappa shape index (κ3) is 2.18. The van der Waals surface area contributed by atoms with Gasteiger partial charge in [0.05, 0.1) is 16.8 Å². The van der Waals surface area contributed by atoms with Crippen molar-refractivity contribution >= 4 is 16.9 Å². The molecule has 3 nitrogen and oxygen atoms in total. The molecule has 0 bridgehead atoms. The van der Waals surface area contributed by atoms with Crippen LogP contribution in [0.15, 0.2) is 42.5 Å². The Bertz CT molecular complexity index is 909. The maximum atomic E-state index is 13.9. The monoisotopic (exact) mass is 303 g/mol. The number of nitrogens with zero attached hydrogens (tertiary/aromatic N) is 1. The molecule has 0 fully saturated rings. The first-order valence-electron chi connectivity index (χ1n) is 6.26. The van der Waals surface area contributed by atoms with Crippen molar-refractivity contribution in [3.8, 4) is 11.3 Å². The van der Waals surface area contributed by atoms with Gasteiger partial charge in [-0.15, -0.1) is 0 Å². The zero-order valence-electron chi connectivity index (χ0n) is 11.0. The van der Waals surface area contributed by atoms with E-state index in [2.05, 4.69) is 4.98 Å². The summed E-state index contributed by atoms with van der Waals surface area (Å²) >= 11 is 0. The van der Waals surface area contributed by atoms with Crippen molar-refractivity contribution < 1.29 is 23.1 Å². The normalized spacial score (nSPS) is 10.9. The smallest absolute Gasteiger partial charge is 0.337 e. The standard InChI is InChI=1S/C16H8F3NO2/c17-11-6-5-9(13(18)14(11)19)15-10(16(21)22)7-8-3-1-2-4-12(8)20-15/h1-7H,(H,21,22). The zero-order chi connectivity index (χ0) is 15.9. The lowest BCUT2D eigenvalue weighted by Gasteiger charge is -2.09. The zero-order valence-corrected chi connectivity index (χ0v) is 11.0. The second-order valence-electron chi connectivity index (χ2n) is 4.61. The van der Waals surface area contributed by atoms with Crippen LogP contribution in [0.4, 0.5) is 13.2 Å². The fourth-order valence-corrected chi connectivity index (χ4v) is 2.19. The van der Waals surface area contributed by atoms with E-state index in [4.69, 9.17) is 0 Å². The molecule has 3 rings (SSSR count). The van der Waals surface area contributed by atoms with Gasteiger partial charge >= 0.3 is 5.97 Å². The number of hydrogen-bond acceptors (Lipinski definition) is 2. The van der Waals surface area contributed by atoms with Gasteiger partial charge in [0.25, 0.3) is 0 Å². The summed E-state index contributed by atoms with van der Waals surface area (Å²) in [7, 11) is 0. The summed E-state index contributed by atoms with van der Waals surface area (Å²) in [5.74, 6) is -5.81. The van der Waals surface area contributed by atoms with E-state index in [1.807, 2.05) is 0 Å². The topological polar surface area (TPSA) is 50.2 Å². The van der Waals surface area contributed by atoms with Crippen molar-refractivity contribution in [1.82, 2.24) is 4.98 Å². The van der Waals surface area contributed by atoms with E-state index in [-0.39, 0.29) is 11.3 Å². The predicted molar refractivity (Wildman–Crippen MR) is 74.0 cm³/mol. The van der Waals surface area contributed by atoms with Gasteiger partial charge in [0.1, 0.15) is 0 Å². The number of benzene rings is 2. The highest BCUT2D eigenvalue weighted by Gasteiger charge is 2.21. The summed E-state index contributed by atoms with van der Waals surface area (Å²) < 4.78 is 40.4. The molecule has 1 aromatic heterocycles. The molecule has 0 atom stereocenters. The molecule has 0 radical (unpaired) electrons. The third-order valence-electron chi connectivity index (χ3n) is 3.24. The number of hydrogen-bond donors (Lipinski definition) is 1. The van der Waals surface area contributed by atoms with E-state index in [9.17, 15) is 23.1 Å². The first-order valence-corrected chi connectivity index (χ1v) is 6.26. The molecule has 1 N–H and O–H groups in total. The molecular weight excluding hydrogens is 295 g/mol. The minimum atomic E-state index is -1.66. The van der Waals surface area contributed by atoms with Crippen LogP contribution in [0.5, 0.6) is 0 Å². The molecule has 0 saturated carbocycles. The summed E-state index contributed by atoms with van der Waals surface area (Å²) in [6.45, 7) is 0. The van der Waals surface area contributed by atoms with Crippen molar-refractivity contribution in [1.29, 1.82) is 0 Å². The van der Waals surface area contributed by atoms with E-state index in [1.165, 1.54) is 6.07 Å². The first-order chi connectivity index (χ1) is 10.5. The van der Waals surface area contributed by atoms with Gasteiger partial charge < -0.3 is 5.11 Å². The van der Waals surface area contributed by atoms with Crippen molar-refractivity contribution in [2.24, 2.45) is 0 Å². The Morgan fingerprint density at radius 3 is 2.45 bits per heavy atom. The fraction of sp³-hybridized carbons (Fsp3) is 0. The number of para-hydroxylation sites is 1. The van der Waals surface area contributed by atoms with Crippen LogP contribution in [-0.2, 0) is 0 Å². The molecule has 22 heavy (non-hydrogen) atoms. The number of carboxylic acids is 1. The van der Waals surface area contributed by atoms with Crippen LogP contribution in [0.3, 0.4) is 0 Å². The Kier molecular flexibility index (Phi) is 3.29. The molecule has 0 aliphatic heterocycles. The van der Waals surface area contributed by atoms with E-state index < -0.39 is 29.0 Å². The number of aromatic nitrogens is 1. The Hall–Kier alpha value is -2.89. The van der Waals surface area contributed by atoms with Crippen LogP contribution in [0.1, 0.15) is 10.4 Å². The molecule has 0 saturated heterocycles. The van der Waals surface area contributed by atoms with Gasteiger partial charge in [-0.3, -0.25) is 0 Å².